The van der Waals surface area contributed by atoms with Gasteiger partial charge in [0.2, 0.25) is 5.88 Å². The molecule has 140 valence electrons. The molecule has 0 aliphatic carbocycles. The van der Waals surface area contributed by atoms with E-state index >= 15 is 0 Å². The molecular formula is C24H16N2O2S. The van der Waals surface area contributed by atoms with Crippen LogP contribution in [-0.2, 0) is 0 Å². The van der Waals surface area contributed by atoms with E-state index in [9.17, 15) is 5.26 Å². The van der Waals surface area contributed by atoms with Gasteiger partial charge in [-0.2, -0.15) is 5.26 Å². The second kappa shape index (κ2) is 7.01. The van der Waals surface area contributed by atoms with E-state index < -0.39 is 0 Å². The van der Waals surface area contributed by atoms with E-state index in [1.54, 1.807) is 11.3 Å². The maximum absolute atomic E-state index is 9.80. The molecule has 4 aromatic rings. The number of allylic oxidation sites excluding steroid dienone is 1. The van der Waals surface area contributed by atoms with Gasteiger partial charge in [0.15, 0.2) is 5.75 Å². The smallest absolute Gasteiger partial charge is 0.205 e. The van der Waals surface area contributed by atoms with Gasteiger partial charge in [-0.15, -0.1) is 11.3 Å². The van der Waals surface area contributed by atoms with Crippen LogP contribution in [0.4, 0.5) is 0 Å². The summed E-state index contributed by atoms with van der Waals surface area (Å²) in [5.41, 5.74) is 7.51. The van der Waals surface area contributed by atoms with Gasteiger partial charge in [-0.3, -0.25) is 0 Å². The summed E-state index contributed by atoms with van der Waals surface area (Å²) in [7, 11) is 0. The maximum atomic E-state index is 9.80. The van der Waals surface area contributed by atoms with Crippen molar-refractivity contribution in [1.82, 2.24) is 0 Å². The number of fused-ring (bicyclic) bond motifs is 3. The summed E-state index contributed by atoms with van der Waals surface area (Å²) < 4.78 is 13.0. The fourth-order valence-corrected chi connectivity index (χ4v) is 4.86. The number of rotatable bonds is 3. The number of benzene rings is 3. The molecule has 29 heavy (non-hydrogen) atoms. The van der Waals surface area contributed by atoms with Crippen LogP contribution in [0.2, 0.25) is 0 Å². The van der Waals surface area contributed by atoms with E-state index in [1.807, 2.05) is 72.8 Å². The van der Waals surface area contributed by atoms with Gasteiger partial charge in [-0.05, 0) is 42.0 Å². The summed E-state index contributed by atoms with van der Waals surface area (Å²) in [5.74, 6) is 2.07. The third kappa shape index (κ3) is 3.00. The SMILES string of the molecule is N#CC1=C(N)Oc2c(sc3ccccc23)[C@H]1c1cccc(Oc2ccccc2)c1. The minimum Gasteiger partial charge on any atom is -0.457 e. The molecule has 0 bridgehead atoms. The summed E-state index contributed by atoms with van der Waals surface area (Å²) >= 11 is 1.63. The third-order valence-electron chi connectivity index (χ3n) is 4.89. The minimum atomic E-state index is -0.291. The van der Waals surface area contributed by atoms with Crippen molar-refractivity contribution in [3.05, 3.63) is 101 Å². The molecule has 0 saturated carbocycles. The Hall–Kier alpha value is -3.75. The Labute approximate surface area is 172 Å². The molecule has 0 fully saturated rings. The molecule has 0 unspecified atom stereocenters. The first kappa shape index (κ1) is 17.4. The lowest BCUT2D eigenvalue weighted by atomic mass is 9.88. The second-order valence-electron chi connectivity index (χ2n) is 6.70. The zero-order valence-corrected chi connectivity index (χ0v) is 16.1. The highest BCUT2D eigenvalue weighted by Crippen LogP contribution is 2.50. The lowest BCUT2D eigenvalue weighted by molar-refractivity contribution is 0.401. The van der Waals surface area contributed by atoms with Crippen molar-refractivity contribution in [2.45, 2.75) is 5.92 Å². The molecule has 0 spiro atoms. The fraction of sp³-hybridized carbons (Fsp3) is 0.0417. The third-order valence-corrected chi connectivity index (χ3v) is 6.11. The largest absolute Gasteiger partial charge is 0.457 e. The van der Waals surface area contributed by atoms with E-state index in [0.717, 1.165) is 32.0 Å². The Balaban J connectivity index is 1.63. The van der Waals surface area contributed by atoms with Gasteiger partial charge in [0.1, 0.15) is 23.1 Å². The Morgan fingerprint density at radius 1 is 0.931 bits per heavy atom. The molecule has 0 amide bonds. The average molecular weight is 396 g/mol. The Kier molecular flexibility index (Phi) is 4.19. The van der Waals surface area contributed by atoms with E-state index in [4.69, 9.17) is 15.2 Å². The van der Waals surface area contributed by atoms with Gasteiger partial charge >= 0.3 is 0 Å². The van der Waals surface area contributed by atoms with E-state index in [2.05, 4.69) is 12.1 Å². The van der Waals surface area contributed by atoms with Gasteiger partial charge < -0.3 is 15.2 Å². The molecule has 5 rings (SSSR count). The van der Waals surface area contributed by atoms with E-state index in [0.29, 0.717) is 11.3 Å². The monoisotopic (exact) mass is 396 g/mol. The van der Waals surface area contributed by atoms with Crippen molar-refractivity contribution < 1.29 is 9.47 Å². The number of hydrogen-bond donors (Lipinski definition) is 1. The lowest BCUT2D eigenvalue weighted by Gasteiger charge is -2.24. The summed E-state index contributed by atoms with van der Waals surface area (Å²) in [6, 6.07) is 27.7. The van der Waals surface area contributed by atoms with Crippen molar-refractivity contribution in [3.63, 3.8) is 0 Å². The zero-order chi connectivity index (χ0) is 19.8. The van der Waals surface area contributed by atoms with Crippen molar-refractivity contribution in [3.8, 4) is 23.3 Å². The standard InChI is InChI=1S/C24H16N2O2S/c25-14-19-21(15-7-6-10-17(13-15)27-16-8-2-1-3-9-16)23-22(28-24(19)26)18-11-4-5-12-20(18)29-23/h1-13,21H,26H2/t21-/m0/s1. The van der Waals surface area contributed by atoms with E-state index in [-0.39, 0.29) is 11.8 Å². The molecular weight excluding hydrogens is 380 g/mol. The molecule has 1 aliphatic heterocycles. The minimum absolute atomic E-state index is 0.155. The topological polar surface area (TPSA) is 68.3 Å². The van der Waals surface area contributed by atoms with Crippen molar-refractivity contribution >= 4 is 21.4 Å². The highest BCUT2D eigenvalue weighted by molar-refractivity contribution is 7.19. The van der Waals surface area contributed by atoms with Crippen LogP contribution in [0.25, 0.3) is 10.1 Å². The molecule has 0 radical (unpaired) electrons. The summed E-state index contributed by atoms with van der Waals surface area (Å²) in [5, 5.41) is 10.8. The number of nitriles is 1. The molecule has 2 heterocycles. The van der Waals surface area contributed by atoms with Crippen LogP contribution in [0.3, 0.4) is 0 Å². The van der Waals surface area contributed by atoms with Crippen LogP contribution in [0, 0.1) is 11.3 Å². The predicted octanol–water partition coefficient (Wildman–Crippen LogP) is 5.91. The maximum Gasteiger partial charge on any atom is 0.205 e. The van der Waals surface area contributed by atoms with Crippen LogP contribution < -0.4 is 15.2 Å². The molecule has 1 aromatic heterocycles. The molecule has 5 heteroatoms. The van der Waals surface area contributed by atoms with Gasteiger partial charge in [0.05, 0.1) is 10.8 Å². The number of ether oxygens (including phenoxy) is 2. The highest BCUT2D eigenvalue weighted by Gasteiger charge is 2.33. The molecule has 0 saturated heterocycles. The van der Waals surface area contributed by atoms with Crippen LogP contribution in [0.5, 0.6) is 17.2 Å². The summed E-state index contributed by atoms with van der Waals surface area (Å²) in [6.07, 6.45) is 0. The van der Waals surface area contributed by atoms with Gasteiger partial charge in [-0.1, -0.05) is 42.5 Å². The molecule has 1 aliphatic rings. The normalized spacial score (nSPS) is 15.5. The Morgan fingerprint density at radius 2 is 1.69 bits per heavy atom. The van der Waals surface area contributed by atoms with Crippen LogP contribution in [-0.4, -0.2) is 0 Å². The van der Waals surface area contributed by atoms with Crippen LogP contribution in [0.15, 0.2) is 90.3 Å². The van der Waals surface area contributed by atoms with Gasteiger partial charge in [0.25, 0.3) is 0 Å². The molecule has 2 N–H and O–H groups in total. The first-order valence-corrected chi connectivity index (χ1v) is 9.98. The number of para-hydroxylation sites is 1. The number of nitrogens with two attached hydrogens (primary N) is 1. The lowest BCUT2D eigenvalue weighted by Crippen LogP contribution is -2.19. The molecule has 4 nitrogen and oxygen atoms in total. The highest BCUT2D eigenvalue weighted by atomic mass is 32.1. The van der Waals surface area contributed by atoms with Crippen LogP contribution in [0.1, 0.15) is 16.4 Å². The first-order chi connectivity index (χ1) is 14.2. The van der Waals surface area contributed by atoms with E-state index in [1.165, 1.54) is 0 Å². The Bertz CT molecular complexity index is 1290. The second-order valence-corrected chi connectivity index (χ2v) is 7.79. The molecule has 1 atom stereocenters. The quantitative estimate of drug-likeness (QED) is 0.467. The van der Waals surface area contributed by atoms with Gasteiger partial charge in [0, 0.05) is 10.1 Å². The number of hydrogen-bond acceptors (Lipinski definition) is 5. The van der Waals surface area contributed by atoms with Crippen molar-refractivity contribution in [2.24, 2.45) is 5.73 Å². The van der Waals surface area contributed by atoms with Crippen LogP contribution >= 0.6 is 11.3 Å². The number of nitrogens with zero attached hydrogens (tertiary/aromatic N) is 1. The zero-order valence-electron chi connectivity index (χ0n) is 15.3. The Morgan fingerprint density at radius 3 is 2.52 bits per heavy atom. The average Bonchev–Trinajstić information content (AvgIpc) is 3.12. The van der Waals surface area contributed by atoms with Crippen molar-refractivity contribution in [1.29, 1.82) is 5.26 Å². The predicted molar refractivity (Wildman–Crippen MR) is 114 cm³/mol. The molecule has 3 aromatic carbocycles. The summed E-state index contributed by atoms with van der Waals surface area (Å²) in [4.78, 5) is 0.980. The van der Waals surface area contributed by atoms with Gasteiger partial charge in [-0.25, -0.2) is 0 Å². The number of thiophene rings is 1. The first-order valence-electron chi connectivity index (χ1n) is 9.16. The van der Waals surface area contributed by atoms with Crippen molar-refractivity contribution in [2.75, 3.05) is 0 Å². The summed E-state index contributed by atoms with van der Waals surface area (Å²) in [6.45, 7) is 0. The fourth-order valence-electron chi connectivity index (χ4n) is 3.59.